The zero-order chi connectivity index (χ0) is 23.1. The number of nitrogens with one attached hydrogen (secondary N) is 2. The Morgan fingerprint density at radius 2 is 1.69 bits per heavy atom. The van der Waals surface area contributed by atoms with E-state index in [1.807, 2.05) is 0 Å². The molecule has 0 aromatic heterocycles. The molecule has 0 atom stereocenters. The fourth-order valence-electron chi connectivity index (χ4n) is 2.44. The molecule has 0 fully saturated rings. The van der Waals surface area contributed by atoms with Gasteiger partial charge in [0.25, 0.3) is 0 Å². The number of ether oxygens (including phenoxy) is 1. The topological polar surface area (TPSA) is 96.9 Å². The van der Waals surface area contributed by atoms with Gasteiger partial charge in [-0.1, -0.05) is 63.4 Å². The molecule has 3 rings (SSSR count). The molecule has 0 aliphatic heterocycles. The molecule has 32 heavy (non-hydrogen) atoms. The minimum atomic E-state index is -1.03. The summed E-state index contributed by atoms with van der Waals surface area (Å²) in [5.74, 6) is -2.36. The number of benzene rings is 3. The van der Waals surface area contributed by atoms with Crippen LogP contribution in [0.4, 0.5) is 5.69 Å². The number of carbonyl (C=O) groups is 3. The number of halogens is 3. The van der Waals surface area contributed by atoms with E-state index in [0.29, 0.717) is 15.6 Å². The third kappa shape index (κ3) is 6.16. The number of anilines is 1. The average Bonchev–Trinajstić information content (AvgIpc) is 2.79. The summed E-state index contributed by atoms with van der Waals surface area (Å²) in [4.78, 5) is 36.4. The van der Waals surface area contributed by atoms with Crippen molar-refractivity contribution in [1.29, 1.82) is 0 Å². The minimum Gasteiger partial charge on any atom is -0.422 e. The van der Waals surface area contributed by atoms with Crippen molar-refractivity contribution in [3.8, 4) is 5.75 Å². The molecule has 0 radical (unpaired) electrons. The van der Waals surface area contributed by atoms with Gasteiger partial charge in [-0.25, -0.2) is 10.2 Å². The molecule has 0 saturated heterocycles. The van der Waals surface area contributed by atoms with Gasteiger partial charge in [-0.15, -0.1) is 0 Å². The molecular weight excluding hydrogens is 521 g/mol. The van der Waals surface area contributed by atoms with Crippen molar-refractivity contribution < 1.29 is 19.1 Å². The first-order chi connectivity index (χ1) is 15.3. The average molecular weight is 535 g/mol. The third-order valence-electron chi connectivity index (χ3n) is 3.96. The Labute approximate surface area is 201 Å². The molecule has 0 aliphatic carbocycles. The Balaban J connectivity index is 1.67. The molecule has 3 aromatic rings. The normalized spacial score (nSPS) is 10.6. The van der Waals surface area contributed by atoms with Crippen LogP contribution in [0, 0.1) is 0 Å². The van der Waals surface area contributed by atoms with E-state index < -0.39 is 17.8 Å². The predicted octanol–water partition coefficient (Wildman–Crippen LogP) is 5.06. The first-order valence-corrected chi connectivity index (χ1v) is 10.5. The molecule has 0 spiro atoms. The van der Waals surface area contributed by atoms with Gasteiger partial charge in [0.1, 0.15) is 5.75 Å². The van der Waals surface area contributed by atoms with E-state index in [2.05, 4.69) is 31.8 Å². The van der Waals surface area contributed by atoms with Gasteiger partial charge >= 0.3 is 17.8 Å². The van der Waals surface area contributed by atoms with Crippen molar-refractivity contribution in [2.24, 2.45) is 5.10 Å². The summed E-state index contributed by atoms with van der Waals surface area (Å²) in [6, 6.07) is 18.0. The summed E-state index contributed by atoms with van der Waals surface area (Å²) in [6.45, 7) is 0. The SMILES string of the molecule is O=C(N/N=C/c1cc(Br)ccc1OC(=O)c1ccccc1)C(=O)Nc1cccc(Cl)c1Cl. The van der Waals surface area contributed by atoms with Crippen LogP contribution in [0.3, 0.4) is 0 Å². The van der Waals surface area contributed by atoms with E-state index in [-0.39, 0.29) is 21.5 Å². The third-order valence-corrected chi connectivity index (χ3v) is 5.27. The lowest BCUT2D eigenvalue weighted by atomic mass is 10.2. The number of hydrazone groups is 1. The van der Waals surface area contributed by atoms with Crippen LogP contribution < -0.4 is 15.5 Å². The zero-order valence-corrected chi connectivity index (χ0v) is 19.2. The second kappa shape index (κ2) is 10.9. The largest absolute Gasteiger partial charge is 0.422 e. The van der Waals surface area contributed by atoms with Crippen molar-refractivity contribution in [2.75, 3.05) is 5.32 Å². The highest BCUT2D eigenvalue weighted by Crippen LogP contribution is 2.29. The summed E-state index contributed by atoms with van der Waals surface area (Å²) in [5, 5.41) is 6.46. The number of esters is 1. The van der Waals surface area contributed by atoms with Crippen molar-refractivity contribution in [2.45, 2.75) is 0 Å². The Kier molecular flexibility index (Phi) is 7.99. The Bertz CT molecular complexity index is 1200. The first-order valence-electron chi connectivity index (χ1n) is 9.00. The number of hydrogen-bond donors (Lipinski definition) is 2. The monoisotopic (exact) mass is 533 g/mol. The zero-order valence-electron chi connectivity index (χ0n) is 16.1. The molecule has 3 aromatic carbocycles. The fraction of sp³-hybridized carbons (Fsp3) is 0. The molecule has 2 N–H and O–H groups in total. The standard InChI is InChI=1S/C22H14BrCl2N3O4/c23-15-9-10-18(32-22(31)13-5-2-1-3-6-13)14(11-15)12-26-28-21(30)20(29)27-17-8-4-7-16(24)19(17)25/h1-12H,(H,27,29)(H,28,30)/b26-12+. The molecule has 10 heteroatoms. The van der Waals surface area contributed by atoms with Crippen LogP contribution in [-0.2, 0) is 9.59 Å². The molecule has 0 aliphatic rings. The summed E-state index contributed by atoms with van der Waals surface area (Å²) >= 11 is 15.2. The molecule has 0 bridgehead atoms. The molecule has 7 nitrogen and oxygen atoms in total. The molecule has 162 valence electrons. The van der Waals surface area contributed by atoms with E-state index in [4.69, 9.17) is 27.9 Å². The minimum absolute atomic E-state index is 0.109. The first kappa shape index (κ1) is 23.5. The van der Waals surface area contributed by atoms with E-state index in [1.165, 1.54) is 12.3 Å². The number of carbonyl (C=O) groups excluding carboxylic acids is 3. The van der Waals surface area contributed by atoms with Crippen LogP contribution in [0.25, 0.3) is 0 Å². The van der Waals surface area contributed by atoms with Gasteiger partial charge in [0, 0.05) is 10.0 Å². The highest BCUT2D eigenvalue weighted by Gasteiger charge is 2.16. The van der Waals surface area contributed by atoms with Crippen molar-refractivity contribution in [1.82, 2.24) is 5.43 Å². The van der Waals surface area contributed by atoms with Crippen LogP contribution in [0.5, 0.6) is 5.75 Å². The van der Waals surface area contributed by atoms with Crippen molar-refractivity contribution in [3.05, 3.63) is 92.4 Å². The second-order valence-corrected chi connectivity index (χ2v) is 7.89. The molecule has 0 saturated carbocycles. The molecule has 0 unspecified atom stereocenters. The van der Waals surface area contributed by atoms with Gasteiger partial charge in [0.15, 0.2) is 0 Å². The maximum absolute atomic E-state index is 12.3. The number of amides is 2. The lowest BCUT2D eigenvalue weighted by Gasteiger charge is -2.08. The Morgan fingerprint density at radius 3 is 2.44 bits per heavy atom. The number of hydrogen-bond acceptors (Lipinski definition) is 5. The molecule has 2 amide bonds. The van der Waals surface area contributed by atoms with Crippen molar-refractivity contribution in [3.63, 3.8) is 0 Å². The highest BCUT2D eigenvalue weighted by atomic mass is 79.9. The van der Waals surface area contributed by atoms with Gasteiger partial charge < -0.3 is 10.1 Å². The Morgan fingerprint density at radius 1 is 0.938 bits per heavy atom. The van der Waals surface area contributed by atoms with Gasteiger partial charge in [-0.05, 0) is 42.5 Å². The van der Waals surface area contributed by atoms with E-state index in [0.717, 1.165) is 0 Å². The second-order valence-electron chi connectivity index (χ2n) is 6.19. The van der Waals surface area contributed by atoms with Crippen LogP contribution in [0.1, 0.15) is 15.9 Å². The summed E-state index contributed by atoms with van der Waals surface area (Å²) in [5.41, 5.74) is 3.06. The van der Waals surface area contributed by atoms with Gasteiger partial charge in [-0.2, -0.15) is 5.10 Å². The smallest absolute Gasteiger partial charge is 0.343 e. The molecule has 0 heterocycles. The summed E-state index contributed by atoms with van der Waals surface area (Å²) in [6.07, 6.45) is 1.25. The molecular formula is C22H14BrCl2N3O4. The van der Waals surface area contributed by atoms with Crippen molar-refractivity contribution >= 4 is 68.8 Å². The van der Waals surface area contributed by atoms with Crippen LogP contribution in [0.2, 0.25) is 10.0 Å². The number of nitrogens with zero attached hydrogens (tertiary/aromatic N) is 1. The van der Waals surface area contributed by atoms with E-state index in [1.54, 1.807) is 60.7 Å². The quantitative estimate of drug-likeness (QED) is 0.157. The van der Waals surface area contributed by atoms with Crippen LogP contribution in [-0.4, -0.2) is 24.0 Å². The summed E-state index contributed by atoms with van der Waals surface area (Å²) < 4.78 is 6.12. The fourth-order valence-corrected chi connectivity index (χ4v) is 3.16. The van der Waals surface area contributed by atoms with E-state index >= 15 is 0 Å². The van der Waals surface area contributed by atoms with Crippen LogP contribution >= 0.6 is 39.1 Å². The lowest BCUT2D eigenvalue weighted by Crippen LogP contribution is -2.32. The maximum atomic E-state index is 12.3. The lowest BCUT2D eigenvalue weighted by molar-refractivity contribution is -0.136. The van der Waals surface area contributed by atoms with Gasteiger partial charge in [0.05, 0.1) is 27.5 Å². The van der Waals surface area contributed by atoms with Gasteiger partial charge in [-0.3, -0.25) is 9.59 Å². The van der Waals surface area contributed by atoms with Crippen LogP contribution in [0.15, 0.2) is 76.3 Å². The predicted molar refractivity (Wildman–Crippen MR) is 126 cm³/mol. The highest BCUT2D eigenvalue weighted by molar-refractivity contribution is 9.10. The Hall–Kier alpha value is -3.20. The maximum Gasteiger partial charge on any atom is 0.343 e. The van der Waals surface area contributed by atoms with Gasteiger partial charge in [0.2, 0.25) is 0 Å². The number of rotatable bonds is 5. The van der Waals surface area contributed by atoms with E-state index in [9.17, 15) is 14.4 Å². The summed E-state index contributed by atoms with van der Waals surface area (Å²) in [7, 11) is 0.